The molecular weight excluding hydrogens is 336 g/mol. The molecule has 27 heavy (non-hydrogen) atoms. The van der Waals surface area contributed by atoms with Crippen LogP contribution in [0.15, 0.2) is 60.3 Å². The highest BCUT2D eigenvalue weighted by molar-refractivity contribution is 5.95. The van der Waals surface area contributed by atoms with Crippen LogP contribution in [0.3, 0.4) is 0 Å². The van der Waals surface area contributed by atoms with Crippen LogP contribution in [0.1, 0.15) is 30.4 Å². The molecule has 0 saturated carbocycles. The van der Waals surface area contributed by atoms with Gasteiger partial charge < -0.3 is 20.6 Å². The summed E-state index contributed by atoms with van der Waals surface area (Å²) in [5.41, 5.74) is 15.1. The van der Waals surface area contributed by atoms with Gasteiger partial charge in [0.15, 0.2) is 0 Å². The number of anilines is 1. The SMILES string of the molecule is C=C1Nc2cccc(-c3ccc(C)cc3)c2C2=C1CCC2.C=O.C=O.CN. The molecule has 2 aromatic rings. The van der Waals surface area contributed by atoms with Crippen molar-refractivity contribution >= 4 is 24.8 Å². The Labute approximate surface area is 161 Å². The third-order valence-electron chi connectivity index (χ3n) is 4.60. The molecule has 3 N–H and O–H groups in total. The topological polar surface area (TPSA) is 72.2 Å². The van der Waals surface area contributed by atoms with Crippen molar-refractivity contribution in [3.63, 3.8) is 0 Å². The van der Waals surface area contributed by atoms with Crippen LogP contribution in [0.4, 0.5) is 5.69 Å². The van der Waals surface area contributed by atoms with Gasteiger partial charge in [-0.3, -0.25) is 0 Å². The van der Waals surface area contributed by atoms with Crippen LogP contribution >= 0.6 is 0 Å². The zero-order chi connectivity index (χ0) is 20.4. The fraction of sp³-hybridized carbons (Fsp3) is 0.217. The number of rotatable bonds is 1. The van der Waals surface area contributed by atoms with Crippen LogP contribution in [0.25, 0.3) is 16.7 Å². The standard InChI is InChI=1S/C20H19N.CH5N.2CH2O/c1-13-9-11-15(12-10-13)17-6-4-8-19-20(17)18-7-3-5-16(18)14(2)21-19;3*1-2/h4,6,8-12,21H,2-3,5,7H2,1H3;2H2,1H3;2*1H2. The lowest BCUT2D eigenvalue weighted by molar-refractivity contribution is -0.0987. The highest BCUT2D eigenvalue weighted by atomic mass is 16.1. The van der Waals surface area contributed by atoms with Crippen molar-refractivity contribution in [2.24, 2.45) is 5.73 Å². The summed E-state index contributed by atoms with van der Waals surface area (Å²) in [6.07, 6.45) is 3.57. The third-order valence-corrected chi connectivity index (χ3v) is 4.60. The summed E-state index contributed by atoms with van der Waals surface area (Å²) < 4.78 is 0. The van der Waals surface area contributed by atoms with Gasteiger partial charge in [-0.05, 0) is 61.6 Å². The van der Waals surface area contributed by atoms with E-state index >= 15 is 0 Å². The number of fused-ring (bicyclic) bond motifs is 2. The molecule has 1 aliphatic carbocycles. The lowest BCUT2D eigenvalue weighted by atomic mass is 9.88. The van der Waals surface area contributed by atoms with E-state index in [0.717, 1.165) is 12.1 Å². The van der Waals surface area contributed by atoms with Crippen molar-refractivity contribution in [2.75, 3.05) is 12.4 Å². The fourth-order valence-corrected chi connectivity index (χ4v) is 3.55. The van der Waals surface area contributed by atoms with Crippen LogP contribution in [-0.4, -0.2) is 20.6 Å². The number of benzene rings is 2. The van der Waals surface area contributed by atoms with Gasteiger partial charge in [-0.1, -0.05) is 48.5 Å². The van der Waals surface area contributed by atoms with Gasteiger partial charge in [0, 0.05) is 16.9 Å². The summed E-state index contributed by atoms with van der Waals surface area (Å²) in [6, 6.07) is 15.4. The molecule has 0 amide bonds. The fourth-order valence-electron chi connectivity index (χ4n) is 3.55. The van der Waals surface area contributed by atoms with Crippen LogP contribution < -0.4 is 11.1 Å². The molecule has 0 saturated heterocycles. The van der Waals surface area contributed by atoms with Gasteiger partial charge in [0.25, 0.3) is 0 Å². The minimum atomic E-state index is 1.09. The molecule has 142 valence electrons. The number of hydrogen-bond acceptors (Lipinski definition) is 4. The lowest BCUT2D eigenvalue weighted by Crippen LogP contribution is -2.09. The average molecular weight is 364 g/mol. The quantitative estimate of drug-likeness (QED) is 0.766. The molecular formula is C23H28N2O2. The summed E-state index contributed by atoms with van der Waals surface area (Å²) in [5.74, 6) is 0. The predicted octanol–water partition coefficient (Wildman–Crippen LogP) is 4.74. The van der Waals surface area contributed by atoms with E-state index in [2.05, 4.69) is 67.0 Å². The van der Waals surface area contributed by atoms with Crippen molar-refractivity contribution in [3.8, 4) is 11.1 Å². The Morgan fingerprint density at radius 3 is 2.11 bits per heavy atom. The normalized spacial score (nSPS) is 13.4. The predicted molar refractivity (Wildman–Crippen MR) is 115 cm³/mol. The Hall–Kier alpha value is -2.98. The summed E-state index contributed by atoms with van der Waals surface area (Å²) in [4.78, 5) is 16.0. The average Bonchev–Trinajstić information content (AvgIpc) is 3.23. The Kier molecular flexibility index (Phi) is 8.90. The molecule has 2 aromatic carbocycles. The number of nitrogens with two attached hydrogens (primary N) is 1. The molecule has 1 aliphatic heterocycles. The third kappa shape index (κ3) is 4.60. The Morgan fingerprint density at radius 1 is 0.889 bits per heavy atom. The van der Waals surface area contributed by atoms with E-state index in [9.17, 15) is 0 Å². The molecule has 0 radical (unpaired) electrons. The smallest absolute Gasteiger partial charge is 0.106 e. The number of aryl methyl sites for hydroxylation is 1. The minimum absolute atomic E-state index is 1.09. The first kappa shape index (κ1) is 22.1. The number of allylic oxidation sites excluding steroid dienone is 2. The maximum absolute atomic E-state index is 8.00. The van der Waals surface area contributed by atoms with E-state index < -0.39 is 0 Å². The molecule has 1 heterocycles. The Morgan fingerprint density at radius 2 is 1.48 bits per heavy atom. The molecule has 2 aliphatic rings. The molecule has 0 unspecified atom stereocenters. The van der Waals surface area contributed by atoms with Crippen molar-refractivity contribution in [3.05, 3.63) is 71.4 Å². The summed E-state index contributed by atoms with van der Waals surface area (Å²) in [6.45, 7) is 10.3. The van der Waals surface area contributed by atoms with E-state index in [1.54, 1.807) is 0 Å². The summed E-state index contributed by atoms with van der Waals surface area (Å²) in [7, 11) is 1.50. The summed E-state index contributed by atoms with van der Waals surface area (Å²) in [5, 5.41) is 3.50. The van der Waals surface area contributed by atoms with E-state index in [-0.39, 0.29) is 0 Å². The van der Waals surface area contributed by atoms with Crippen molar-refractivity contribution in [1.29, 1.82) is 0 Å². The zero-order valence-electron chi connectivity index (χ0n) is 16.2. The number of carbonyl (C=O) groups excluding carboxylic acids is 2. The first-order chi connectivity index (χ1) is 13.2. The zero-order valence-corrected chi connectivity index (χ0v) is 16.2. The molecule has 4 heteroatoms. The molecule has 4 rings (SSSR count). The Balaban J connectivity index is 0.000000556. The van der Waals surface area contributed by atoms with Crippen LogP contribution in [0.2, 0.25) is 0 Å². The first-order valence-corrected chi connectivity index (χ1v) is 8.78. The number of hydrogen-bond donors (Lipinski definition) is 2. The van der Waals surface area contributed by atoms with Crippen LogP contribution in [0, 0.1) is 6.92 Å². The largest absolute Gasteiger partial charge is 0.355 e. The van der Waals surface area contributed by atoms with Crippen LogP contribution in [0.5, 0.6) is 0 Å². The number of nitrogens with one attached hydrogen (secondary N) is 1. The number of carbonyl (C=O) groups is 2. The summed E-state index contributed by atoms with van der Waals surface area (Å²) >= 11 is 0. The van der Waals surface area contributed by atoms with Gasteiger partial charge in [-0.25, -0.2) is 0 Å². The highest BCUT2D eigenvalue weighted by Gasteiger charge is 2.27. The van der Waals surface area contributed by atoms with E-state index in [0.29, 0.717) is 0 Å². The second-order valence-corrected chi connectivity index (χ2v) is 6.01. The second kappa shape index (κ2) is 10.9. The Bertz CT molecular complexity index is 806. The van der Waals surface area contributed by atoms with E-state index in [1.807, 2.05) is 13.6 Å². The van der Waals surface area contributed by atoms with Crippen molar-refractivity contribution < 1.29 is 9.59 Å². The molecule has 0 atom stereocenters. The van der Waals surface area contributed by atoms with Gasteiger partial charge in [0.1, 0.15) is 13.6 Å². The maximum Gasteiger partial charge on any atom is 0.106 e. The molecule has 4 nitrogen and oxygen atoms in total. The first-order valence-electron chi connectivity index (χ1n) is 8.78. The van der Waals surface area contributed by atoms with E-state index in [4.69, 9.17) is 9.59 Å². The van der Waals surface area contributed by atoms with E-state index in [1.165, 1.54) is 59.0 Å². The van der Waals surface area contributed by atoms with Crippen molar-refractivity contribution in [1.82, 2.24) is 0 Å². The molecule has 0 bridgehead atoms. The monoisotopic (exact) mass is 364 g/mol. The highest BCUT2D eigenvalue weighted by Crippen LogP contribution is 2.47. The van der Waals surface area contributed by atoms with Crippen molar-refractivity contribution in [2.45, 2.75) is 26.2 Å². The second-order valence-electron chi connectivity index (χ2n) is 6.01. The lowest BCUT2D eigenvalue weighted by Gasteiger charge is -2.25. The molecule has 0 aromatic heterocycles. The van der Waals surface area contributed by atoms with Crippen LogP contribution in [-0.2, 0) is 9.59 Å². The maximum atomic E-state index is 8.00. The molecule has 0 fully saturated rings. The minimum Gasteiger partial charge on any atom is -0.355 e. The van der Waals surface area contributed by atoms with Gasteiger partial charge in [0.05, 0.1) is 0 Å². The van der Waals surface area contributed by atoms with Gasteiger partial charge in [0.2, 0.25) is 0 Å². The molecule has 0 spiro atoms. The van der Waals surface area contributed by atoms with Gasteiger partial charge >= 0.3 is 0 Å². The van der Waals surface area contributed by atoms with Gasteiger partial charge in [-0.15, -0.1) is 0 Å². The van der Waals surface area contributed by atoms with Gasteiger partial charge in [-0.2, -0.15) is 0 Å².